The molecule has 4 heteroatoms. The maximum atomic E-state index is 10.6. The van der Waals surface area contributed by atoms with Gasteiger partial charge in [-0.3, -0.25) is 9.69 Å². The third kappa shape index (κ3) is 3.81. The van der Waals surface area contributed by atoms with Gasteiger partial charge in [0.25, 0.3) is 0 Å². The summed E-state index contributed by atoms with van der Waals surface area (Å²) in [5.41, 5.74) is 2.49. The Labute approximate surface area is 120 Å². The SMILES string of the molecule is Cc1ccccc1[C@H]1CN(CCCC(=O)O)[C@H](C)CO1. The van der Waals surface area contributed by atoms with Gasteiger partial charge in [-0.25, -0.2) is 0 Å². The molecule has 1 aliphatic rings. The first-order valence-corrected chi connectivity index (χ1v) is 7.21. The first kappa shape index (κ1) is 15.0. The van der Waals surface area contributed by atoms with Crippen LogP contribution >= 0.6 is 0 Å². The molecular weight excluding hydrogens is 254 g/mol. The van der Waals surface area contributed by atoms with Crippen molar-refractivity contribution in [3.63, 3.8) is 0 Å². The first-order valence-electron chi connectivity index (χ1n) is 7.21. The summed E-state index contributed by atoms with van der Waals surface area (Å²) in [4.78, 5) is 12.9. The van der Waals surface area contributed by atoms with E-state index in [2.05, 4.69) is 30.9 Å². The van der Waals surface area contributed by atoms with Crippen molar-refractivity contribution in [3.05, 3.63) is 35.4 Å². The van der Waals surface area contributed by atoms with Gasteiger partial charge in [0.15, 0.2) is 0 Å². The van der Waals surface area contributed by atoms with E-state index in [1.54, 1.807) is 0 Å². The van der Waals surface area contributed by atoms with Crippen molar-refractivity contribution in [2.75, 3.05) is 19.7 Å². The van der Waals surface area contributed by atoms with E-state index in [9.17, 15) is 4.79 Å². The lowest BCUT2D eigenvalue weighted by Crippen LogP contribution is -2.45. The van der Waals surface area contributed by atoms with Crippen LogP contribution in [0.1, 0.15) is 37.0 Å². The van der Waals surface area contributed by atoms with E-state index < -0.39 is 5.97 Å². The Bertz CT molecular complexity index is 461. The third-order valence-corrected chi connectivity index (χ3v) is 3.93. The predicted octanol–water partition coefficient (Wildman–Crippen LogP) is 2.62. The fourth-order valence-corrected chi connectivity index (χ4v) is 2.69. The van der Waals surface area contributed by atoms with Crippen LogP contribution in [0.3, 0.4) is 0 Å². The molecule has 1 aliphatic heterocycles. The normalized spacial score (nSPS) is 23.7. The van der Waals surface area contributed by atoms with Gasteiger partial charge in [-0.2, -0.15) is 0 Å². The lowest BCUT2D eigenvalue weighted by Gasteiger charge is -2.38. The Morgan fingerprint density at radius 1 is 1.45 bits per heavy atom. The van der Waals surface area contributed by atoms with E-state index in [0.29, 0.717) is 19.1 Å². The summed E-state index contributed by atoms with van der Waals surface area (Å²) in [5.74, 6) is -0.721. The van der Waals surface area contributed by atoms with Crippen LogP contribution in [-0.4, -0.2) is 41.7 Å². The number of aryl methyl sites for hydroxylation is 1. The smallest absolute Gasteiger partial charge is 0.303 e. The third-order valence-electron chi connectivity index (χ3n) is 3.93. The van der Waals surface area contributed by atoms with Gasteiger partial charge in [0.1, 0.15) is 0 Å². The van der Waals surface area contributed by atoms with Crippen molar-refractivity contribution in [2.24, 2.45) is 0 Å². The van der Waals surface area contributed by atoms with Gasteiger partial charge >= 0.3 is 5.97 Å². The van der Waals surface area contributed by atoms with Gasteiger partial charge in [-0.05, 0) is 37.9 Å². The molecule has 0 spiro atoms. The van der Waals surface area contributed by atoms with E-state index in [0.717, 1.165) is 13.1 Å². The minimum atomic E-state index is -0.721. The van der Waals surface area contributed by atoms with Crippen LogP contribution in [-0.2, 0) is 9.53 Å². The van der Waals surface area contributed by atoms with Crippen LogP contribution in [0.4, 0.5) is 0 Å². The number of rotatable bonds is 5. The highest BCUT2D eigenvalue weighted by Crippen LogP contribution is 2.27. The molecule has 2 atom stereocenters. The van der Waals surface area contributed by atoms with Crippen molar-refractivity contribution < 1.29 is 14.6 Å². The molecule has 20 heavy (non-hydrogen) atoms. The maximum absolute atomic E-state index is 10.6. The topological polar surface area (TPSA) is 49.8 Å². The first-order chi connectivity index (χ1) is 9.58. The molecule has 1 N–H and O–H groups in total. The van der Waals surface area contributed by atoms with Crippen LogP contribution in [0.25, 0.3) is 0 Å². The second kappa shape index (κ2) is 6.86. The van der Waals surface area contributed by atoms with Gasteiger partial charge < -0.3 is 9.84 Å². The minimum absolute atomic E-state index is 0.0947. The summed E-state index contributed by atoms with van der Waals surface area (Å²) in [6.45, 7) is 6.59. The molecule has 1 aromatic carbocycles. The molecule has 1 fully saturated rings. The summed E-state index contributed by atoms with van der Waals surface area (Å²) in [5, 5.41) is 8.73. The summed E-state index contributed by atoms with van der Waals surface area (Å²) >= 11 is 0. The van der Waals surface area contributed by atoms with Gasteiger partial charge in [0, 0.05) is 19.0 Å². The molecule has 1 heterocycles. The number of carbonyl (C=O) groups is 1. The van der Waals surface area contributed by atoms with Crippen LogP contribution < -0.4 is 0 Å². The number of carboxylic acid groups (broad SMARTS) is 1. The van der Waals surface area contributed by atoms with E-state index in [4.69, 9.17) is 9.84 Å². The Morgan fingerprint density at radius 2 is 2.20 bits per heavy atom. The van der Waals surface area contributed by atoms with Gasteiger partial charge in [0.2, 0.25) is 0 Å². The zero-order valence-electron chi connectivity index (χ0n) is 12.2. The Kier molecular flexibility index (Phi) is 5.15. The second-order valence-electron chi connectivity index (χ2n) is 5.52. The molecule has 0 radical (unpaired) electrons. The highest BCUT2D eigenvalue weighted by molar-refractivity contribution is 5.66. The van der Waals surface area contributed by atoms with E-state index in [1.165, 1.54) is 11.1 Å². The van der Waals surface area contributed by atoms with Gasteiger partial charge in [-0.1, -0.05) is 24.3 Å². The van der Waals surface area contributed by atoms with Crippen molar-refractivity contribution in [1.29, 1.82) is 0 Å². The minimum Gasteiger partial charge on any atom is -0.481 e. The molecule has 0 saturated carbocycles. The number of hydrogen-bond acceptors (Lipinski definition) is 3. The molecule has 4 nitrogen and oxygen atoms in total. The lowest BCUT2D eigenvalue weighted by atomic mass is 10.0. The number of morpholine rings is 1. The van der Waals surface area contributed by atoms with Crippen molar-refractivity contribution in [3.8, 4) is 0 Å². The molecule has 1 aromatic rings. The molecule has 0 aromatic heterocycles. The highest BCUT2D eigenvalue weighted by atomic mass is 16.5. The van der Waals surface area contributed by atoms with Crippen LogP contribution in [0.5, 0.6) is 0 Å². The number of nitrogens with zero attached hydrogens (tertiary/aromatic N) is 1. The zero-order valence-corrected chi connectivity index (χ0v) is 12.2. The molecule has 0 aliphatic carbocycles. The fraction of sp³-hybridized carbons (Fsp3) is 0.562. The largest absolute Gasteiger partial charge is 0.481 e. The van der Waals surface area contributed by atoms with Gasteiger partial charge in [-0.15, -0.1) is 0 Å². The Morgan fingerprint density at radius 3 is 2.90 bits per heavy atom. The summed E-state index contributed by atoms with van der Waals surface area (Å²) in [6, 6.07) is 8.65. The molecule has 0 unspecified atom stereocenters. The summed E-state index contributed by atoms with van der Waals surface area (Å²) in [6.07, 6.45) is 1.02. The molecule has 2 rings (SSSR count). The Hall–Kier alpha value is -1.39. The number of carboxylic acids is 1. The number of benzene rings is 1. The molecule has 110 valence electrons. The van der Waals surface area contributed by atoms with Crippen LogP contribution in [0.15, 0.2) is 24.3 Å². The molecule has 0 bridgehead atoms. The summed E-state index contributed by atoms with van der Waals surface area (Å²) < 4.78 is 5.96. The molecular formula is C16H23NO3. The quantitative estimate of drug-likeness (QED) is 0.899. The fourth-order valence-electron chi connectivity index (χ4n) is 2.69. The average Bonchev–Trinajstić information content (AvgIpc) is 2.41. The standard InChI is InChI=1S/C16H23NO3/c1-12-6-3-4-7-14(12)15-10-17(13(2)11-20-15)9-5-8-16(18)19/h3-4,6-7,13,15H,5,8-11H2,1-2H3,(H,18,19)/t13-,15-/m1/s1. The van der Waals surface area contributed by atoms with Gasteiger partial charge in [0.05, 0.1) is 12.7 Å². The molecule has 0 amide bonds. The zero-order chi connectivity index (χ0) is 14.5. The van der Waals surface area contributed by atoms with Crippen molar-refractivity contribution >= 4 is 5.97 Å². The van der Waals surface area contributed by atoms with Crippen molar-refractivity contribution in [1.82, 2.24) is 4.90 Å². The number of ether oxygens (including phenoxy) is 1. The van der Waals surface area contributed by atoms with E-state index >= 15 is 0 Å². The number of hydrogen-bond donors (Lipinski definition) is 1. The second-order valence-corrected chi connectivity index (χ2v) is 5.52. The predicted molar refractivity (Wildman–Crippen MR) is 77.8 cm³/mol. The average molecular weight is 277 g/mol. The molecule has 1 saturated heterocycles. The monoisotopic (exact) mass is 277 g/mol. The van der Waals surface area contributed by atoms with Crippen molar-refractivity contribution in [2.45, 2.75) is 38.8 Å². The van der Waals surface area contributed by atoms with Crippen LogP contribution in [0, 0.1) is 6.92 Å². The lowest BCUT2D eigenvalue weighted by molar-refractivity contribution is -0.137. The number of aliphatic carboxylic acids is 1. The summed E-state index contributed by atoms with van der Waals surface area (Å²) in [7, 11) is 0. The van der Waals surface area contributed by atoms with Crippen LogP contribution in [0.2, 0.25) is 0 Å². The highest BCUT2D eigenvalue weighted by Gasteiger charge is 2.27. The van der Waals surface area contributed by atoms with E-state index in [-0.39, 0.29) is 12.5 Å². The maximum Gasteiger partial charge on any atom is 0.303 e. The van der Waals surface area contributed by atoms with E-state index in [1.807, 2.05) is 12.1 Å². The Balaban J connectivity index is 1.97.